The van der Waals surface area contributed by atoms with E-state index in [9.17, 15) is 14.3 Å². The van der Waals surface area contributed by atoms with Crippen molar-refractivity contribution in [3.8, 4) is 11.8 Å². The number of hydrogen-bond acceptors (Lipinski definition) is 4. The Morgan fingerprint density at radius 1 is 1.32 bits per heavy atom. The number of fused-ring (bicyclic) bond motifs is 2. The molecular weight excluding hydrogens is 478 g/mol. The average molecular weight is 505 g/mol. The van der Waals surface area contributed by atoms with Crippen LogP contribution < -0.4 is 5.32 Å². The number of aliphatic hydroxyl groups is 1. The lowest BCUT2D eigenvalue weighted by Crippen LogP contribution is -2.31. The van der Waals surface area contributed by atoms with Crippen molar-refractivity contribution in [1.29, 1.82) is 0 Å². The maximum Gasteiger partial charge on any atom is 0.272 e. The maximum atomic E-state index is 15.6. The number of hydrogen-bond donors (Lipinski definition) is 3. The number of alkyl halides is 1. The number of carbonyl (C=O) groups excluding carboxylic acids is 1. The molecule has 37 heavy (non-hydrogen) atoms. The highest BCUT2D eigenvalue weighted by Crippen LogP contribution is 2.36. The fourth-order valence-corrected chi connectivity index (χ4v) is 4.75. The third kappa shape index (κ3) is 4.40. The molecule has 6 rings (SSSR count). The number of carbonyl (C=O) groups is 1. The Bertz CT molecular complexity index is 1580. The molecule has 2 atom stereocenters. The molecule has 2 aliphatic rings. The summed E-state index contributed by atoms with van der Waals surface area (Å²) in [6.45, 7) is 3.33. The summed E-state index contributed by atoms with van der Waals surface area (Å²) in [5.74, 6) is 4.65. The second-order valence-corrected chi connectivity index (χ2v) is 10.2. The zero-order valence-corrected chi connectivity index (χ0v) is 20.4. The van der Waals surface area contributed by atoms with E-state index in [2.05, 4.69) is 32.2 Å². The third-order valence-corrected chi connectivity index (χ3v) is 6.65. The first-order chi connectivity index (χ1) is 17.7. The molecule has 3 N–H and O–H groups in total. The van der Waals surface area contributed by atoms with Crippen LogP contribution in [0.4, 0.5) is 8.78 Å². The monoisotopic (exact) mass is 504 g/mol. The van der Waals surface area contributed by atoms with Crippen LogP contribution in [0.3, 0.4) is 0 Å². The number of aromatic amines is 1. The molecule has 0 bridgehead atoms. The number of imidazole rings is 1. The van der Waals surface area contributed by atoms with E-state index in [1.807, 2.05) is 0 Å². The van der Waals surface area contributed by atoms with Gasteiger partial charge in [-0.05, 0) is 44.7 Å². The summed E-state index contributed by atoms with van der Waals surface area (Å²) in [6.07, 6.45) is 2.45. The highest BCUT2D eigenvalue weighted by molar-refractivity contribution is 5.93. The van der Waals surface area contributed by atoms with E-state index in [1.54, 1.807) is 53.4 Å². The van der Waals surface area contributed by atoms with Crippen molar-refractivity contribution in [3.05, 3.63) is 70.9 Å². The van der Waals surface area contributed by atoms with Gasteiger partial charge < -0.3 is 20.0 Å². The number of nitrogens with zero attached hydrogens (tertiary/aromatic N) is 4. The van der Waals surface area contributed by atoms with Crippen LogP contribution in [0.2, 0.25) is 0 Å². The van der Waals surface area contributed by atoms with Crippen LogP contribution in [0.1, 0.15) is 72.0 Å². The molecule has 190 valence electrons. The van der Waals surface area contributed by atoms with E-state index < -0.39 is 29.5 Å². The Labute approximate surface area is 211 Å². The van der Waals surface area contributed by atoms with Crippen molar-refractivity contribution < 1.29 is 18.7 Å². The van der Waals surface area contributed by atoms with Crippen LogP contribution in [0.25, 0.3) is 10.9 Å². The van der Waals surface area contributed by atoms with Gasteiger partial charge in [0.25, 0.3) is 5.91 Å². The number of para-hydroxylation sites is 1. The molecule has 1 fully saturated rings. The first-order valence-corrected chi connectivity index (χ1v) is 12.3. The first-order valence-electron chi connectivity index (χ1n) is 12.3. The number of H-pyrrole nitrogens is 1. The van der Waals surface area contributed by atoms with Crippen LogP contribution in [0.5, 0.6) is 0 Å². The number of halogens is 2. The van der Waals surface area contributed by atoms with Gasteiger partial charge in [-0.3, -0.25) is 9.48 Å². The predicted octanol–water partition coefficient (Wildman–Crippen LogP) is 3.57. The van der Waals surface area contributed by atoms with Gasteiger partial charge in [0.15, 0.2) is 11.5 Å². The lowest BCUT2D eigenvalue weighted by Gasteiger charge is -2.17. The average Bonchev–Trinajstić information content (AvgIpc) is 3.16. The van der Waals surface area contributed by atoms with Crippen LogP contribution in [0, 0.1) is 17.7 Å². The minimum Gasteiger partial charge on any atom is -0.378 e. The van der Waals surface area contributed by atoms with Crippen LogP contribution in [-0.2, 0) is 13.0 Å². The van der Waals surface area contributed by atoms with Gasteiger partial charge >= 0.3 is 0 Å². The zero-order chi connectivity index (χ0) is 25.9. The Balaban J connectivity index is 1.40. The number of aromatic nitrogens is 5. The SMILES string of the molecule is CC(C)(O)C#Cc1cc(C(=O)NC(c2ncn3c2C[C@@H](F)C3)c2[nH]c3ccccc3c2F)nn1C1CC1. The molecule has 0 saturated heterocycles. The van der Waals surface area contributed by atoms with E-state index >= 15 is 4.39 Å². The number of rotatable bonds is 5. The largest absolute Gasteiger partial charge is 0.378 e. The molecule has 1 unspecified atom stereocenters. The molecule has 4 aromatic rings. The fourth-order valence-electron chi connectivity index (χ4n) is 4.75. The van der Waals surface area contributed by atoms with Crippen molar-refractivity contribution in [2.75, 3.05) is 0 Å². The topological polar surface area (TPSA) is 101 Å². The van der Waals surface area contributed by atoms with Gasteiger partial charge in [-0.1, -0.05) is 18.1 Å². The summed E-state index contributed by atoms with van der Waals surface area (Å²) < 4.78 is 33.2. The van der Waals surface area contributed by atoms with Gasteiger partial charge in [-0.15, -0.1) is 0 Å². The van der Waals surface area contributed by atoms with Crippen molar-refractivity contribution in [2.24, 2.45) is 0 Å². The van der Waals surface area contributed by atoms with E-state index in [4.69, 9.17) is 0 Å². The van der Waals surface area contributed by atoms with E-state index in [1.165, 1.54) is 6.33 Å². The summed E-state index contributed by atoms with van der Waals surface area (Å²) in [6, 6.07) is 7.66. The van der Waals surface area contributed by atoms with Gasteiger partial charge in [-0.2, -0.15) is 5.10 Å². The number of nitrogens with one attached hydrogen (secondary N) is 2. The summed E-state index contributed by atoms with van der Waals surface area (Å²) in [7, 11) is 0. The summed E-state index contributed by atoms with van der Waals surface area (Å²) in [4.78, 5) is 21.0. The maximum absolute atomic E-state index is 15.6. The quantitative estimate of drug-likeness (QED) is 0.362. The van der Waals surface area contributed by atoms with Crippen LogP contribution >= 0.6 is 0 Å². The molecule has 1 saturated carbocycles. The van der Waals surface area contributed by atoms with Crippen molar-refractivity contribution in [3.63, 3.8) is 0 Å². The molecule has 4 heterocycles. The van der Waals surface area contributed by atoms with E-state index in [0.717, 1.165) is 12.8 Å². The lowest BCUT2D eigenvalue weighted by molar-refractivity contribution is 0.0935. The Morgan fingerprint density at radius 2 is 2.11 bits per heavy atom. The predicted molar refractivity (Wildman–Crippen MR) is 132 cm³/mol. The van der Waals surface area contributed by atoms with Gasteiger partial charge in [0, 0.05) is 29.1 Å². The Kier molecular flexibility index (Phi) is 5.42. The minimum atomic E-state index is -1.20. The summed E-state index contributed by atoms with van der Waals surface area (Å²) in [5, 5.41) is 17.8. The normalized spacial score (nSPS) is 17.9. The minimum absolute atomic E-state index is 0.118. The van der Waals surface area contributed by atoms with Gasteiger partial charge in [0.05, 0.1) is 30.3 Å². The molecule has 1 aliphatic heterocycles. The first kappa shape index (κ1) is 23.4. The fraction of sp³-hybridized carbons (Fsp3) is 0.370. The zero-order valence-electron chi connectivity index (χ0n) is 20.4. The highest BCUT2D eigenvalue weighted by Gasteiger charge is 2.34. The standard InChI is InChI=1S/C27H26F2N6O2/c1-27(2,37)10-9-17-12-20(33-35(17)16-7-8-16)26(36)32-25(23-21-11-15(28)13-34(21)14-30-23)24-22(29)18-5-3-4-6-19(18)31-24/h3-6,12,14-16,25,31,37H,7-8,11,13H2,1-2H3,(H,32,36)/t15-,25?/m1/s1. The molecule has 1 aliphatic carbocycles. The van der Waals surface area contributed by atoms with E-state index in [-0.39, 0.29) is 30.4 Å². The lowest BCUT2D eigenvalue weighted by atomic mass is 10.1. The second-order valence-electron chi connectivity index (χ2n) is 10.2. The number of benzene rings is 1. The highest BCUT2D eigenvalue weighted by atomic mass is 19.1. The summed E-state index contributed by atoms with van der Waals surface area (Å²) >= 11 is 0. The molecule has 8 nitrogen and oxygen atoms in total. The van der Waals surface area contributed by atoms with Gasteiger partial charge in [0.2, 0.25) is 0 Å². The molecule has 1 aromatic carbocycles. The molecule has 3 aromatic heterocycles. The Morgan fingerprint density at radius 3 is 2.84 bits per heavy atom. The van der Waals surface area contributed by atoms with Gasteiger partial charge in [-0.25, -0.2) is 13.8 Å². The van der Waals surface area contributed by atoms with Crippen LogP contribution in [0.15, 0.2) is 36.7 Å². The molecular formula is C27H26F2N6O2. The van der Waals surface area contributed by atoms with Gasteiger partial charge in [0.1, 0.15) is 23.5 Å². The van der Waals surface area contributed by atoms with Crippen molar-refractivity contribution in [2.45, 2.75) is 63.5 Å². The van der Waals surface area contributed by atoms with Crippen LogP contribution in [-0.4, -0.2) is 47.1 Å². The molecule has 1 amide bonds. The molecule has 0 spiro atoms. The number of amides is 1. The molecule has 10 heteroatoms. The Hall–Kier alpha value is -3.97. The van der Waals surface area contributed by atoms with E-state index in [0.29, 0.717) is 28.0 Å². The van der Waals surface area contributed by atoms with Crippen molar-refractivity contribution in [1.82, 2.24) is 29.6 Å². The van der Waals surface area contributed by atoms with Crippen molar-refractivity contribution >= 4 is 16.8 Å². The second kappa shape index (κ2) is 8.56. The third-order valence-electron chi connectivity index (χ3n) is 6.65. The summed E-state index contributed by atoms with van der Waals surface area (Å²) in [5.41, 5.74) is 1.17. The smallest absolute Gasteiger partial charge is 0.272 e. The molecule has 0 radical (unpaired) electrons.